The van der Waals surface area contributed by atoms with Crippen molar-refractivity contribution >= 4 is 28.3 Å². The molecule has 5 aromatic rings. The Bertz CT molecular complexity index is 1900. The summed E-state index contributed by atoms with van der Waals surface area (Å²) in [5.41, 5.74) is 4.76. The third kappa shape index (κ3) is 7.57. The maximum absolute atomic E-state index is 14.3. The van der Waals surface area contributed by atoms with E-state index in [0.29, 0.717) is 47.9 Å². The number of likely N-dealkylation sites (tertiary alicyclic amines) is 1. The number of pyridine rings is 1. The Morgan fingerprint density at radius 1 is 1.11 bits per heavy atom. The summed E-state index contributed by atoms with van der Waals surface area (Å²) in [7, 11) is 1.58. The molecule has 0 saturated carbocycles. The first-order chi connectivity index (χ1) is 22.9. The van der Waals surface area contributed by atoms with Gasteiger partial charge >= 0.3 is 5.97 Å². The number of rotatable bonds is 13. The van der Waals surface area contributed by atoms with E-state index in [0.717, 1.165) is 42.3 Å². The first-order valence-corrected chi connectivity index (χ1v) is 16.1. The Morgan fingerprint density at radius 2 is 1.96 bits per heavy atom. The molecule has 13 heteroatoms. The number of carbonyl (C=O) groups is 1. The predicted molar refractivity (Wildman–Crippen MR) is 172 cm³/mol. The van der Waals surface area contributed by atoms with E-state index in [-0.39, 0.29) is 30.3 Å². The van der Waals surface area contributed by atoms with Gasteiger partial charge in [0.25, 0.3) is 0 Å². The lowest BCUT2D eigenvalue weighted by atomic mass is 9.93. The van der Waals surface area contributed by atoms with E-state index in [1.54, 1.807) is 36.9 Å². The Labute approximate surface area is 274 Å². The fourth-order valence-corrected chi connectivity index (χ4v) is 6.27. The van der Waals surface area contributed by atoms with Gasteiger partial charge in [0.1, 0.15) is 36.1 Å². The van der Waals surface area contributed by atoms with Crippen LogP contribution in [0.2, 0.25) is 0 Å². The highest BCUT2D eigenvalue weighted by atomic mass is 32.1. The molecule has 1 saturated heterocycles. The molecule has 47 heavy (non-hydrogen) atoms. The van der Waals surface area contributed by atoms with Crippen molar-refractivity contribution in [1.29, 1.82) is 5.26 Å². The second-order valence-electron chi connectivity index (χ2n) is 11.2. The number of carboxylic acid groups (broad SMARTS) is 1. The molecule has 4 heterocycles. The number of benzene rings is 2. The molecular formula is C34H33FN6O5S. The van der Waals surface area contributed by atoms with Crippen LogP contribution in [-0.4, -0.2) is 68.9 Å². The summed E-state index contributed by atoms with van der Waals surface area (Å²) in [4.78, 5) is 29.3. The molecule has 1 aliphatic rings. The van der Waals surface area contributed by atoms with Crippen molar-refractivity contribution in [1.82, 2.24) is 24.4 Å². The fraction of sp³-hybridized carbons (Fsp3) is 0.324. The number of hydrogen-bond acceptors (Lipinski definition) is 10. The van der Waals surface area contributed by atoms with Crippen molar-refractivity contribution in [3.05, 3.63) is 99.1 Å². The number of ether oxygens (including phenoxy) is 3. The number of piperidine rings is 1. The third-order valence-electron chi connectivity index (χ3n) is 8.16. The number of nitriles is 1. The molecular weight excluding hydrogens is 623 g/mol. The highest BCUT2D eigenvalue weighted by Crippen LogP contribution is 2.32. The van der Waals surface area contributed by atoms with Crippen LogP contribution in [0.3, 0.4) is 0 Å². The summed E-state index contributed by atoms with van der Waals surface area (Å²) >= 11 is 1.53. The van der Waals surface area contributed by atoms with Crippen LogP contribution in [-0.2, 0) is 24.4 Å². The van der Waals surface area contributed by atoms with Gasteiger partial charge in [0, 0.05) is 41.4 Å². The van der Waals surface area contributed by atoms with Crippen LogP contribution in [0.5, 0.6) is 11.6 Å². The molecule has 1 aliphatic heterocycles. The van der Waals surface area contributed by atoms with Gasteiger partial charge in [-0.25, -0.2) is 19.2 Å². The van der Waals surface area contributed by atoms with Gasteiger partial charge in [-0.2, -0.15) is 5.26 Å². The molecule has 1 fully saturated rings. The lowest BCUT2D eigenvalue weighted by Crippen LogP contribution is -2.33. The first kappa shape index (κ1) is 32.1. The molecule has 11 nitrogen and oxygen atoms in total. The van der Waals surface area contributed by atoms with Gasteiger partial charge in [0.05, 0.1) is 47.9 Å². The molecule has 242 valence electrons. The molecule has 2 aromatic carbocycles. The minimum absolute atomic E-state index is 0.0159. The second-order valence-corrected chi connectivity index (χ2v) is 12.2. The minimum Gasteiger partial charge on any atom is -0.489 e. The second kappa shape index (κ2) is 14.7. The van der Waals surface area contributed by atoms with Crippen LogP contribution < -0.4 is 9.47 Å². The average molecular weight is 657 g/mol. The number of fused-ring (bicyclic) bond motifs is 1. The van der Waals surface area contributed by atoms with Crippen LogP contribution in [0.1, 0.15) is 56.6 Å². The van der Waals surface area contributed by atoms with Crippen molar-refractivity contribution in [3.63, 3.8) is 0 Å². The van der Waals surface area contributed by atoms with E-state index in [2.05, 4.69) is 14.5 Å². The molecule has 6 rings (SSSR count). The lowest BCUT2D eigenvalue weighted by Gasteiger charge is -2.31. The quantitative estimate of drug-likeness (QED) is 0.159. The highest BCUT2D eigenvalue weighted by Gasteiger charge is 2.25. The Balaban J connectivity index is 1.17. The molecule has 0 amide bonds. The van der Waals surface area contributed by atoms with E-state index in [9.17, 15) is 14.3 Å². The normalized spacial score (nSPS) is 13.9. The van der Waals surface area contributed by atoms with Gasteiger partial charge in [0.15, 0.2) is 0 Å². The summed E-state index contributed by atoms with van der Waals surface area (Å²) in [6.45, 7) is 3.36. The molecule has 0 aliphatic carbocycles. The third-order valence-corrected chi connectivity index (χ3v) is 8.93. The van der Waals surface area contributed by atoms with Crippen molar-refractivity contribution in [2.75, 3.05) is 33.4 Å². The average Bonchev–Trinajstić information content (AvgIpc) is 3.73. The zero-order valence-corrected chi connectivity index (χ0v) is 26.6. The smallest absolute Gasteiger partial charge is 0.335 e. The molecule has 0 bridgehead atoms. The van der Waals surface area contributed by atoms with Crippen LogP contribution in [0, 0.1) is 17.1 Å². The Kier molecular flexibility index (Phi) is 10.0. The number of hydrogen-bond donors (Lipinski definition) is 1. The molecule has 0 spiro atoms. The van der Waals surface area contributed by atoms with Gasteiger partial charge in [0.2, 0.25) is 5.88 Å². The number of nitrogens with zero attached hydrogens (tertiary/aromatic N) is 6. The van der Waals surface area contributed by atoms with Gasteiger partial charge in [-0.15, -0.1) is 11.3 Å². The lowest BCUT2D eigenvalue weighted by molar-refractivity contribution is 0.0696. The zero-order chi connectivity index (χ0) is 32.8. The molecule has 0 radical (unpaired) electrons. The topological polar surface area (TPSA) is 136 Å². The fourth-order valence-electron chi connectivity index (χ4n) is 5.69. The van der Waals surface area contributed by atoms with Gasteiger partial charge < -0.3 is 23.9 Å². The number of imidazole rings is 1. The largest absolute Gasteiger partial charge is 0.489 e. The Morgan fingerprint density at radius 3 is 2.68 bits per heavy atom. The molecule has 3 aromatic heterocycles. The standard InChI is InChI=1S/C34H33FN6O5S/c1-44-11-12-45-30-15-25(34(42)43)14-29-33(30)39-31(41(29)18-26-17-37-21-47-26)19-40-9-7-23(8-10-40)28-3-2-4-32(38-28)46-20-24-6-5-22(16-36)13-27(24)35/h2-6,13-15,17,21,23H,7-12,18-20H2,1H3,(H,42,43). The summed E-state index contributed by atoms with van der Waals surface area (Å²) in [5.74, 6) is 0.364. The van der Waals surface area contributed by atoms with Gasteiger partial charge in [-0.3, -0.25) is 9.88 Å². The molecule has 0 unspecified atom stereocenters. The van der Waals surface area contributed by atoms with Crippen molar-refractivity contribution in [3.8, 4) is 17.7 Å². The number of methoxy groups -OCH3 is 1. The number of aromatic nitrogens is 4. The molecule has 1 N–H and O–H groups in total. The predicted octanol–water partition coefficient (Wildman–Crippen LogP) is 5.63. The number of carboxylic acids is 1. The summed E-state index contributed by atoms with van der Waals surface area (Å²) in [5, 5.41) is 18.8. The summed E-state index contributed by atoms with van der Waals surface area (Å²) in [6, 6.07) is 15.1. The zero-order valence-electron chi connectivity index (χ0n) is 25.8. The highest BCUT2D eigenvalue weighted by molar-refractivity contribution is 7.09. The van der Waals surface area contributed by atoms with Crippen LogP contribution in [0.4, 0.5) is 4.39 Å². The Hall–Kier alpha value is -4.90. The van der Waals surface area contributed by atoms with Gasteiger partial charge in [-0.1, -0.05) is 12.1 Å². The van der Waals surface area contributed by atoms with E-state index >= 15 is 0 Å². The maximum atomic E-state index is 14.3. The van der Waals surface area contributed by atoms with E-state index in [1.807, 2.05) is 24.4 Å². The number of thiazole rings is 1. The number of aromatic carboxylic acids is 1. The van der Waals surface area contributed by atoms with Crippen LogP contribution >= 0.6 is 11.3 Å². The van der Waals surface area contributed by atoms with Gasteiger partial charge in [-0.05, 0) is 56.3 Å². The van der Waals surface area contributed by atoms with Crippen molar-refractivity contribution in [2.45, 2.75) is 38.5 Å². The van der Waals surface area contributed by atoms with Crippen molar-refractivity contribution < 1.29 is 28.5 Å². The summed E-state index contributed by atoms with van der Waals surface area (Å²) < 4.78 is 33.3. The monoisotopic (exact) mass is 656 g/mol. The first-order valence-electron chi connectivity index (χ1n) is 15.2. The van der Waals surface area contributed by atoms with E-state index in [1.165, 1.54) is 23.5 Å². The van der Waals surface area contributed by atoms with Crippen LogP contribution in [0.15, 0.2) is 60.2 Å². The van der Waals surface area contributed by atoms with E-state index in [4.69, 9.17) is 29.4 Å². The SMILES string of the molecule is COCCOc1cc(C(=O)O)cc2c1nc(CN1CCC(c3cccc(OCc4ccc(C#N)cc4F)n3)CC1)n2Cc1cncs1. The van der Waals surface area contributed by atoms with E-state index < -0.39 is 11.8 Å². The number of halogens is 1. The van der Waals surface area contributed by atoms with Crippen molar-refractivity contribution in [2.24, 2.45) is 0 Å². The molecule has 0 atom stereocenters. The summed E-state index contributed by atoms with van der Waals surface area (Å²) in [6.07, 6.45) is 3.57. The maximum Gasteiger partial charge on any atom is 0.335 e. The minimum atomic E-state index is -1.04. The van der Waals surface area contributed by atoms with Crippen LogP contribution in [0.25, 0.3) is 11.0 Å².